The summed E-state index contributed by atoms with van der Waals surface area (Å²) in [6.45, 7) is 5.80. The number of halogens is 2. The topological polar surface area (TPSA) is 48.4 Å². The van der Waals surface area contributed by atoms with Crippen LogP contribution in [-0.4, -0.2) is 18.1 Å². The van der Waals surface area contributed by atoms with Gasteiger partial charge in [0.2, 0.25) is 5.88 Å². The van der Waals surface area contributed by atoms with E-state index in [1.54, 1.807) is 6.08 Å². The lowest BCUT2D eigenvalue weighted by Gasteiger charge is -2.38. The van der Waals surface area contributed by atoms with Gasteiger partial charge in [0.1, 0.15) is 15.7 Å². The maximum Gasteiger partial charge on any atom is 0.318 e. The highest BCUT2D eigenvalue weighted by Crippen LogP contribution is 2.44. The van der Waals surface area contributed by atoms with Crippen molar-refractivity contribution in [1.82, 2.24) is 4.98 Å². The van der Waals surface area contributed by atoms with Gasteiger partial charge in [-0.05, 0) is 47.6 Å². The number of pyridine rings is 1. The van der Waals surface area contributed by atoms with Crippen molar-refractivity contribution in [2.24, 2.45) is 11.8 Å². The lowest BCUT2D eigenvalue weighted by atomic mass is 9.65. The Balaban J connectivity index is 2.31. The number of carbonyl (C=O) groups is 1. The predicted octanol–water partition coefficient (Wildman–Crippen LogP) is 7.05. The number of fused-ring (bicyclic) bond motifs is 1. The summed E-state index contributed by atoms with van der Waals surface area (Å²) in [7, 11) is 1.38. The molecule has 3 aromatic rings. The molecule has 2 atom stereocenters. The molecule has 0 spiro atoms. The molecule has 3 rings (SSSR count). The summed E-state index contributed by atoms with van der Waals surface area (Å²) in [6, 6.07) is 19.1. The molecule has 1 aromatic heterocycles. The van der Waals surface area contributed by atoms with Gasteiger partial charge in [0.25, 0.3) is 0 Å². The van der Waals surface area contributed by atoms with Gasteiger partial charge in [-0.2, -0.15) is 0 Å². The Labute approximate surface area is 192 Å². The standard InChI is InChI=1S/C25H25Cl2NO3/c1-16(2)25(24(29)30-4,17(3)14-22(26)27)21-15-18-10-8-9-13-20(18)23(28-21)31-19-11-6-5-7-12-19/h5-17H,1-4H3. The van der Waals surface area contributed by atoms with E-state index in [0.717, 1.165) is 10.8 Å². The average Bonchev–Trinajstić information content (AvgIpc) is 2.74. The average molecular weight is 458 g/mol. The molecule has 31 heavy (non-hydrogen) atoms. The highest BCUT2D eigenvalue weighted by molar-refractivity contribution is 6.55. The second-order valence-electron chi connectivity index (χ2n) is 7.71. The lowest BCUT2D eigenvalue weighted by Crippen LogP contribution is -2.47. The van der Waals surface area contributed by atoms with Gasteiger partial charge in [-0.15, -0.1) is 0 Å². The fourth-order valence-corrected chi connectivity index (χ4v) is 4.50. The molecular formula is C25H25Cl2NO3. The second-order valence-corrected chi connectivity index (χ2v) is 8.72. The largest absolute Gasteiger partial charge is 0.468 e. The Bertz CT molecular complexity index is 1090. The second kappa shape index (κ2) is 9.71. The molecule has 1 heterocycles. The van der Waals surface area contributed by atoms with E-state index in [1.165, 1.54) is 7.11 Å². The molecule has 0 amide bonds. The van der Waals surface area contributed by atoms with Crippen LogP contribution in [0.5, 0.6) is 11.6 Å². The number of ether oxygens (including phenoxy) is 2. The Kier molecular flexibility index (Phi) is 7.24. The van der Waals surface area contributed by atoms with Crippen LogP contribution in [0.4, 0.5) is 0 Å². The fraction of sp³-hybridized carbons (Fsp3) is 0.280. The summed E-state index contributed by atoms with van der Waals surface area (Å²) in [5, 5.41) is 1.75. The van der Waals surface area contributed by atoms with Crippen LogP contribution < -0.4 is 4.74 Å². The van der Waals surface area contributed by atoms with Crippen LogP contribution in [0.25, 0.3) is 10.8 Å². The Morgan fingerprint density at radius 2 is 1.68 bits per heavy atom. The van der Waals surface area contributed by atoms with Gasteiger partial charge in [-0.25, -0.2) is 4.98 Å². The molecule has 162 valence electrons. The lowest BCUT2D eigenvalue weighted by molar-refractivity contribution is -0.151. The Morgan fingerprint density at radius 3 is 2.29 bits per heavy atom. The van der Waals surface area contributed by atoms with Crippen LogP contribution >= 0.6 is 23.2 Å². The Morgan fingerprint density at radius 1 is 1.03 bits per heavy atom. The third kappa shape index (κ3) is 4.56. The number of hydrogen-bond donors (Lipinski definition) is 0. The van der Waals surface area contributed by atoms with Crippen LogP contribution in [0.2, 0.25) is 0 Å². The van der Waals surface area contributed by atoms with E-state index in [1.807, 2.05) is 81.4 Å². The van der Waals surface area contributed by atoms with Gasteiger partial charge in [0.15, 0.2) is 0 Å². The predicted molar refractivity (Wildman–Crippen MR) is 126 cm³/mol. The number of aromatic nitrogens is 1. The molecule has 2 aromatic carbocycles. The molecule has 0 radical (unpaired) electrons. The first-order valence-electron chi connectivity index (χ1n) is 10.0. The van der Waals surface area contributed by atoms with Crippen molar-refractivity contribution in [3.05, 3.63) is 76.9 Å². The zero-order chi connectivity index (χ0) is 22.6. The summed E-state index contributed by atoms with van der Waals surface area (Å²) in [5.41, 5.74) is -0.583. The number of rotatable bonds is 7. The molecule has 0 N–H and O–H groups in total. The molecule has 0 saturated carbocycles. The molecule has 0 aliphatic rings. The van der Waals surface area contributed by atoms with Crippen molar-refractivity contribution in [3.8, 4) is 11.6 Å². The van der Waals surface area contributed by atoms with Gasteiger partial charge in [-0.3, -0.25) is 4.79 Å². The van der Waals surface area contributed by atoms with E-state index in [0.29, 0.717) is 17.3 Å². The highest BCUT2D eigenvalue weighted by Gasteiger charge is 2.50. The van der Waals surface area contributed by atoms with Crippen molar-refractivity contribution in [2.75, 3.05) is 7.11 Å². The van der Waals surface area contributed by atoms with Gasteiger partial charge in [0.05, 0.1) is 12.8 Å². The van der Waals surface area contributed by atoms with Crippen molar-refractivity contribution >= 4 is 39.9 Å². The molecule has 0 aliphatic carbocycles. The molecule has 0 bridgehead atoms. The number of allylic oxidation sites excluding steroid dienone is 1. The number of hydrogen-bond acceptors (Lipinski definition) is 4. The number of methoxy groups -OCH3 is 1. The van der Waals surface area contributed by atoms with E-state index < -0.39 is 11.4 Å². The van der Waals surface area contributed by atoms with Crippen LogP contribution in [0, 0.1) is 11.8 Å². The molecule has 0 saturated heterocycles. The maximum absolute atomic E-state index is 13.3. The summed E-state index contributed by atoms with van der Waals surface area (Å²) in [4.78, 5) is 18.1. The van der Waals surface area contributed by atoms with Crippen LogP contribution in [0.3, 0.4) is 0 Å². The van der Waals surface area contributed by atoms with E-state index in [2.05, 4.69) is 0 Å². The van der Waals surface area contributed by atoms with Crippen LogP contribution in [0.1, 0.15) is 26.5 Å². The molecule has 4 nitrogen and oxygen atoms in total. The van der Waals surface area contributed by atoms with Gasteiger partial charge < -0.3 is 9.47 Å². The first kappa shape index (κ1) is 23.1. The quantitative estimate of drug-likeness (QED) is 0.356. The fourth-order valence-electron chi connectivity index (χ4n) is 4.13. The first-order chi connectivity index (χ1) is 14.8. The van der Waals surface area contributed by atoms with Crippen LogP contribution in [-0.2, 0) is 14.9 Å². The normalized spacial score (nSPS) is 14.0. The number of benzene rings is 2. The Hall–Kier alpha value is -2.56. The summed E-state index contributed by atoms with van der Waals surface area (Å²) in [6.07, 6.45) is 1.65. The molecule has 6 heteroatoms. The first-order valence-corrected chi connectivity index (χ1v) is 10.8. The molecular weight excluding hydrogens is 433 g/mol. The van der Waals surface area contributed by atoms with Crippen molar-refractivity contribution in [1.29, 1.82) is 0 Å². The molecule has 2 unspecified atom stereocenters. The number of para-hydroxylation sites is 1. The zero-order valence-corrected chi connectivity index (χ0v) is 19.4. The van der Waals surface area contributed by atoms with Gasteiger partial charge in [0, 0.05) is 5.39 Å². The van der Waals surface area contributed by atoms with Crippen molar-refractivity contribution < 1.29 is 14.3 Å². The monoisotopic (exact) mass is 457 g/mol. The van der Waals surface area contributed by atoms with Crippen LogP contribution in [0.15, 0.2) is 71.2 Å². The summed E-state index contributed by atoms with van der Waals surface area (Å²) in [5.74, 6) is 0.109. The zero-order valence-electron chi connectivity index (χ0n) is 17.9. The summed E-state index contributed by atoms with van der Waals surface area (Å²) >= 11 is 12.0. The SMILES string of the molecule is COC(=O)C(c1cc2ccccc2c(Oc2ccccc2)n1)(C(C)C)C(C)C=C(Cl)Cl. The minimum atomic E-state index is -1.12. The molecule has 0 fully saturated rings. The van der Waals surface area contributed by atoms with E-state index >= 15 is 0 Å². The van der Waals surface area contributed by atoms with E-state index in [9.17, 15) is 4.79 Å². The van der Waals surface area contributed by atoms with Crippen molar-refractivity contribution in [2.45, 2.75) is 26.2 Å². The third-order valence-electron chi connectivity index (χ3n) is 5.62. The third-order valence-corrected chi connectivity index (χ3v) is 5.87. The molecule has 0 aliphatic heterocycles. The maximum atomic E-state index is 13.3. The number of esters is 1. The van der Waals surface area contributed by atoms with Gasteiger partial charge >= 0.3 is 5.97 Å². The van der Waals surface area contributed by atoms with E-state index in [4.69, 9.17) is 37.7 Å². The minimum absolute atomic E-state index is 0.0861. The highest BCUT2D eigenvalue weighted by atomic mass is 35.5. The summed E-state index contributed by atoms with van der Waals surface area (Å²) < 4.78 is 11.5. The van der Waals surface area contributed by atoms with Crippen molar-refractivity contribution in [3.63, 3.8) is 0 Å². The number of nitrogens with zero attached hydrogens (tertiary/aromatic N) is 1. The number of carbonyl (C=O) groups excluding carboxylic acids is 1. The smallest absolute Gasteiger partial charge is 0.318 e. The van der Waals surface area contributed by atoms with E-state index in [-0.39, 0.29) is 16.3 Å². The minimum Gasteiger partial charge on any atom is -0.468 e. The van der Waals surface area contributed by atoms with Gasteiger partial charge in [-0.1, -0.05) is 80.4 Å².